The predicted octanol–water partition coefficient (Wildman–Crippen LogP) is 1.85. The molecule has 0 bridgehead atoms. The molecule has 0 saturated heterocycles. The molecule has 0 heterocycles. The smallest absolute Gasteiger partial charge is 0.303 e. The molecule has 6 nitrogen and oxygen atoms in total. The number of hydrogen-bond acceptors (Lipinski definition) is 4. The van der Waals surface area contributed by atoms with Gasteiger partial charge < -0.3 is 10.2 Å². The van der Waals surface area contributed by atoms with Gasteiger partial charge in [0.15, 0.2) is 11.6 Å². The third-order valence-corrected chi connectivity index (χ3v) is 2.17. The van der Waals surface area contributed by atoms with Gasteiger partial charge in [-0.2, -0.15) is 0 Å². The zero-order chi connectivity index (χ0) is 13.0. The maximum absolute atomic E-state index is 13.1. The lowest BCUT2D eigenvalue weighted by molar-refractivity contribution is -0.385. The highest BCUT2D eigenvalue weighted by Crippen LogP contribution is 2.28. The highest BCUT2D eigenvalue weighted by molar-refractivity contribution is 5.66. The van der Waals surface area contributed by atoms with Crippen molar-refractivity contribution in [2.45, 2.75) is 19.3 Å². The van der Waals surface area contributed by atoms with Crippen LogP contribution in [0.5, 0.6) is 5.75 Å². The fourth-order valence-electron chi connectivity index (χ4n) is 1.37. The standard InChI is InChI=1S/C10H10FNO5/c11-8-5-7(12(16)17)4-6(10(8)15)2-1-3-9(13)14/h4-5,15H,1-3H2,(H,13,14). The van der Waals surface area contributed by atoms with Crippen LogP contribution < -0.4 is 0 Å². The van der Waals surface area contributed by atoms with Crippen LogP contribution in [-0.4, -0.2) is 21.1 Å². The van der Waals surface area contributed by atoms with E-state index in [4.69, 9.17) is 5.11 Å². The number of aryl methyl sites for hydroxylation is 1. The number of non-ortho nitro benzene ring substituents is 1. The van der Waals surface area contributed by atoms with Gasteiger partial charge in [-0.3, -0.25) is 14.9 Å². The van der Waals surface area contributed by atoms with Crippen molar-refractivity contribution in [1.29, 1.82) is 0 Å². The van der Waals surface area contributed by atoms with E-state index in [1.807, 2.05) is 0 Å². The molecule has 1 aromatic carbocycles. The van der Waals surface area contributed by atoms with Gasteiger partial charge in [-0.25, -0.2) is 4.39 Å². The summed E-state index contributed by atoms with van der Waals surface area (Å²) in [5.41, 5.74) is -0.427. The minimum Gasteiger partial charge on any atom is -0.505 e. The first kappa shape index (κ1) is 12.9. The summed E-state index contributed by atoms with van der Waals surface area (Å²) in [5.74, 6) is -2.76. The van der Waals surface area contributed by atoms with Crippen LogP contribution in [0.4, 0.5) is 10.1 Å². The van der Waals surface area contributed by atoms with Gasteiger partial charge in [0.2, 0.25) is 0 Å². The highest BCUT2D eigenvalue weighted by Gasteiger charge is 2.16. The maximum atomic E-state index is 13.1. The van der Waals surface area contributed by atoms with Gasteiger partial charge in [0.05, 0.1) is 11.0 Å². The number of nitro groups is 1. The molecule has 0 aliphatic heterocycles. The molecule has 0 unspecified atom stereocenters. The second-order valence-corrected chi connectivity index (χ2v) is 3.44. The monoisotopic (exact) mass is 243 g/mol. The lowest BCUT2D eigenvalue weighted by Gasteiger charge is -2.04. The number of rotatable bonds is 5. The molecule has 92 valence electrons. The number of carboxylic acid groups (broad SMARTS) is 1. The summed E-state index contributed by atoms with van der Waals surface area (Å²) in [6.45, 7) is 0. The van der Waals surface area contributed by atoms with Gasteiger partial charge in [0.25, 0.3) is 5.69 Å². The fourth-order valence-corrected chi connectivity index (χ4v) is 1.37. The lowest BCUT2D eigenvalue weighted by atomic mass is 10.1. The number of halogens is 1. The number of carbonyl (C=O) groups is 1. The Labute approximate surface area is 95.5 Å². The van der Waals surface area contributed by atoms with E-state index in [1.54, 1.807) is 0 Å². The van der Waals surface area contributed by atoms with Crippen molar-refractivity contribution in [3.05, 3.63) is 33.6 Å². The number of nitro benzene ring substituents is 1. The Kier molecular flexibility index (Phi) is 3.97. The van der Waals surface area contributed by atoms with Crippen molar-refractivity contribution in [3.8, 4) is 5.75 Å². The van der Waals surface area contributed by atoms with Gasteiger partial charge in [0.1, 0.15) is 0 Å². The molecule has 17 heavy (non-hydrogen) atoms. The number of aromatic hydroxyl groups is 1. The largest absolute Gasteiger partial charge is 0.505 e. The highest BCUT2D eigenvalue weighted by atomic mass is 19.1. The second kappa shape index (κ2) is 5.24. The van der Waals surface area contributed by atoms with E-state index in [2.05, 4.69) is 0 Å². The quantitative estimate of drug-likeness (QED) is 0.607. The SMILES string of the molecule is O=C(O)CCCc1cc([N+](=O)[O-])cc(F)c1O. The van der Waals surface area contributed by atoms with Crippen LogP contribution in [-0.2, 0) is 11.2 Å². The molecule has 0 aromatic heterocycles. The van der Waals surface area contributed by atoms with Gasteiger partial charge in [0, 0.05) is 18.1 Å². The molecule has 0 saturated carbocycles. The average molecular weight is 243 g/mol. The summed E-state index contributed by atoms with van der Waals surface area (Å²) in [6.07, 6.45) is 0.0873. The molecule has 0 amide bonds. The molecule has 0 atom stereocenters. The Bertz CT molecular complexity index is 460. The Morgan fingerprint density at radius 1 is 1.47 bits per heavy atom. The molecule has 0 aliphatic rings. The lowest BCUT2D eigenvalue weighted by Crippen LogP contribution is -1.98. The van der Waals surface area contributed by atoms with Gasteiger partial charge >= 0.3 is 5.97 Å². The summed E-state index contributed by atoms with van der Waals surface area (Å²) < 4.78 is 13.1. The molecule has 0 radical (unpaired) electrons. The van der Waals surface area contributed by atoms with Crippen LogP contribution in [0.2, 0.25) is 0 Å². The van der Waals surface area contributed by atoms with E-state index in [0.29, 0.717) is 6.07 Å². The van der Waals surface area contributed by atoms with E-state index >= 15 is 0 Å². The number of aliphatic carboxylic acids is 1. The molecule has 1 aromatic rings. The number of phenols is 1. The summed E-state index contributed by atoms with van der Waals surface area (Å²) in [4.78, 5) is 20.0. The number of benzene rings is 1. The van der Waals surface area contributed by atoms with E-state index in [0.717, 1.165) is 6.07 Å². The zero-order valence-corrected chi connectivity index (χ0v) is 8.72. The third kappa shape index (κ3) is 3.40. The van der Waals surface area contributed by atoms with Crippen molar-refractivity contribution in [3.63, 3.8) is 0 Å². The summed E-state index contributed by atoms with van der Waals surface area (Å²) in [5, 5.41) is 28.2. The summed E-state index contributed by atoms with van der Waals surface area (Å²) in [6, 6.07) is 1.66. The van der Waals surface area contributed by atoms with E-state index in [9.17, 15) is 24.4 Å². The first-order valence-corrected chi connectivity index (χ1v) is 4.79. The molecular formula is C10H10FNO5. The fraction of sp³-hybridized carbons (Fsp3) is 0.300. The van der Waals surface area contributed by atoms with Crippen LogP contribution in [0.3, 0.4) is 0 Å². The Hall–Kier alpha value is -2.18. The predicted molar refractivity (Wildman–Crippen MR) is 55.3 cm³/mol. The zero-order valence-electron chi connectivity index (χ0n) is 8.72. The third-order valence-electron chi connectivity index (χ3n) is 2.17. The van der Waals surface area contributed by atoms with Gasteiger partial charge in [-0.15, -0.1) is 0 Å². The Morgan fingerprint density at radius 3 is 2.65 bits per heavy atom. The molecule has 0 fully saturated rings. The van der Waals surface area contributed by atoms with Crippen molar-refractivity contribution >= 4 is 11.7 Å². The van der Waals surface area contributed by atoms with Crippen molar-refractivity contribution < 1.29 is 24.3 Å². The van der Waals surface area contributed by atoms with E-state index < -0.39 is 28.1 Å². The second-order valence-electron chi connectivity index (χ2n) is 3.44. The molecular weight excluding hydrogens is 233 g/mol. The molecule has 0 aliphatic carbocycles. The van der Waals surface area contributed by atoms with Crippen LogP contribution in [0, 0.1) is 15.9 Å². The van der Waals surface area contributed by atoms with Gasteiger partial charge in [-0.1, -0.05) is 0 Å². The van der Waals surface area contributed by atoms with Crippen molar-refractivity contribution in [1.82, 2.24) is 0 Å². The van der Waals surface area contributed by atoms with Crippen LogP contribution in [0.15, 0.2) is 12.1 Å². The maximum Gasteiger partial charge on any atom is 0.303 e. The molecule has 0 spiro atoms. The number of phenolic OH excluding ortho intramolecular Hbond substituents is 1. The Morgan fingerprint density at radius 2 is 2.12 bits per heavy atom. The number of hydrogen-bond donors (Lipinski definition) is 2. The van der Waals surface area contributed by atoms with Crippen molar-refractivity contribution in [2.75, 3.05) is 0 Å². The molecule has 7 heteroatoms. The van der Waals surface area contributed by atoms with Crippen LogP contribution >= 0.6 is 0 Å². The Balaban J connectivity index is 2.90. The topological polar surface area (TPSA) is 101 Å². The number of nitrogens with zero attached hydrogens (tertiary/aromatic N) is 1. The molecule has 1 rings (SSSR count). The minimum atomic E-state index is -1.08. The van der Waals surface area contributed by atoms with Crippen molar-refractivity contribution in [2.24, 2.45) is 0 Å². The first-order chi connectivity index (χ1) is 7.91. The average Bonchev–Trinajstić information content (AvgIpc) is 2.23. The van der Waals surface area contributed by atoms with E-state index in [1.165, 1.54) is 0 Å². The summed E-state index contributed by atoms with van der Waals surface area (Å²) in [7, 11) is 0. The van der Waals surface area contributed by atoms with Crippen LogP contribution in [0.1, 0.15) is 18.4 Å². The normalized spacial score (nSPS) is 10.2. The first-order valence-electron chi connectivity index (χ1n) is 4.79. The van der Waals surface area contributed by atoms with Crippen LogP contribution in [0.25, 0.3) is 0 Å². The number of carboxylic acids is 1. The van der Waals surface area contributed by atoms with Gasteiger partial charge in [-0.05, 0) is 12.8 Å². The molecule has 2 N–H and O–H groups in total. The minimum absolute atomic E-state index is 0.0398. The van der Waals surface area contributed by atoms with E-state index in [-0.39, 0.29) is 24.8 Å². The summed E-state index contributed by atoms with van der Waals surface area (Å²) >= 11 is 0.